The van der Waals surface area contributed by atoms with Gasteiger partial charge in [0.2, 0.25) is 6.08 Å². The van der Waals surface area contributed by atoms with Gasteiger partial charge in [0.05, 0.1) is 17.1 Å². The molecule has 0 unspecified atom stereocenters. The molecule has 0 bridgehead atoms. The fourth-order valence-corrected chi connectivity index (χ4v) is 1.30. The number of nitrogens with two attached hydrogens (primary N) is 1. The minimum Gasteiger partial charge on any atom is -0.399 e. The standard InChI is InChI=1S/C13H10N4O/c14-10-1-3-12(4-2-10)16-17-13-7-5-11(6-8-13)15-9-18/h1-8H,14H2/b17-16+. The molecule has 0 radical (unpaired) electrons. The van der Waals surface area contributed by atoms with Gasteiger partial charge >= 0.3 is 0 Å². The van der Waals surface area contributed by atoms with E-state index in [1.54, 1.807) is 48.5 Å². The molecule has 5 heteroatoms. The molecule has 88 valence electrons. The number of carbonyl (C=O) groups excluding carboxylic acids is 1. The first kappa shape index (κ1) is 11.7. The predicted octanol–water partition coefficient (Wildman–Crippen LogP) is 3.65. The zero-order valence-corrected chi connectivity index (χ0v) is 9.45. The number of azo groups is 1. The zero-order chi connectivity index (χ0) is 12.8. The normalized spacial score (nSPS) is 10.2. The summed E-state index contributed by atoms with van der Waals surface area (Å²) in [6.45, 7) is 0. The van der Waals surface area contributed by atoms with Crippen LogP contribution in [0.1, 0.15) is 0 Å². The van der Waals surface area contributed by atoms with Crippen molar-refractivity contribution in [2.45, 2.75) is 0 Å². The van der Waals surface area contributed by atoms with Crippen molar-refractivity contribution in [3.63, 3.8) is 0 Å². The highest BCUT2D eigenvalue weighted by atomic mass is 16.1. The minimum absolute atomic E-state index is 0.538. The summed E-state index contributed by atoms with van der Waals surface area (Å²) in [6.07, 6.45) is 1.48. The lowest BCUT2D eigenvalue weighted by atomic mass is 10.3. The quantitative estimate of drug-likeness (QED) is 0.383. The second-order valence-electron chi connectivity index (χ2n) is 3.51. The maximum atomic E-state index is 10.1. The van der Waals surface area contributed by atoms with Crippen molar-refractivity contribution in [3.05, 3.63) is 48.5 Å². The summed E-state index contributed by atoms with van der Waals surface area (Å²) >= 11 is 0. The Kier molecular flexibility index (Phi) is 3.59. The van der Waals surface area contributed by atoms with E-state index in [4.69, 9.17) is 5.73 Å². The van der Waals surface area contributed by atoms with Crippen molar-refractivity contribution in [2.24, 2.45) is 15.2 Å². The van der Waals surface area contributed by atoms with Gasteiger partial charge in [0.1, 0.15) is 0 Å². The first-order valence-corrected chi connectivity index (χ1v) is 5.23. The van der Waals surface area contributed by atoms with Gasteiger partial charge in [-0.2, -0.15) is 15.2 Å². The molecule has 0 aliphatic rings. The Bertz CT molecular complexity index is 596. The Morgan fingerprint density at radius 1 is 0.778 bits per heavy atom. The SMILES string of the molecule is Nc1ccc(/N=N/c2ccc(N=C=O)cc2)cc1. The fraction of sp³-hybridized carbons (Fsp3) is 0. The molecule has 0 aromatic heterocycles. The van der Waals surface area contributed by atoms with Crippen molar-refractivity contribution in [1.82, 2.24) is 0 Å². The number of hydrogen-bond donors (Lipinski definition) is 1. The minimum atomic E-state index is 0.538. The van der Waals surface area contributed by atoms with Crippen molar-refractivity contribution in [2.75, 3.05) is 5.73 Å². The van der Waals surface area contributed by atoms with Gasteiger partial charge in [0.15, 0.2) is 0 Å². The van der Waals surface area contributed by atoms with Gasteiger partial charge in [-0.1, -0.05) is 0 Å². The summed E-state index contributed by atoms with van der Waals surface area (Å²) in [7, 11) is 0. The summed E-state index contributed by atoms with van der Waals surface area (Å²) in [6, 6.07) is 13.9. The average molecular weight is 238 g/mol. The smallest absolute Gasteiger partial charge is 0.240 e. The number of nitrogens with zero attached hydrogens (tertiary/aromatic N) is 3. The summed E-state index contributed by atoms with van der Waals surface area (Å²) in [5, 5.41) is 8.11. The monoisotopic (exact) mass is 238 g/mol. The van der Waals surface area contributed by atoms with Crippen LogP contribution in [0.3, 0.4) is 0 Å². The van der Waals surface area contributed by atoms with E-state index in [2.05, 4.69) is 15.2 Å². The maximum absolute atomic E-state index is 10.1. The van der Waals surface area contributed by atoms with Crippen LogP contribution in [-0.4, -0.2) is 6.08 Å². The molecule has 0 saturated carbocycles. The molecule has 2 rings (SSSR count). The summed E-state index contributed by atoms with van der Waals surface area (Å²) in [5.41, 5.74) is 8.19. The predicted molar refractivity (Wildman–Crippen MR) is 69.3 cm³/mol. The average Bonchev–Trinajstić information content (AvgIpc) is 2.40. The molecule has 2 aromatic carbocycles. The molecule has 0 aliphatic heterocycles. The molecular weight excluding hydrogens is 228 g/mol. The Morgan fingerprint density at radius 3 is 1.72 bits per heavy atom. The van der Waals surface area contributed by atoms with Crippen LogP contribution in [0.15, 0.2) is 63.8 Å². The molecule has 2 N–H and O–H groups in total. The third-order valence-corrected chi connectivity index (χ3v) is 2.20. The molecule has 0 heterocycles. The van der Waals surface area contributed by atoms with Gasteiger partial charge in [-0.05, 0) is 48.5 Å². The van der Waals surface area contributed by atoms with Gasteiger partial charge in [-0.15, -0.1) is 0 Å². The number of rotatable bonds is 3. The summed E-state index contributed by atoms with van der Waals surface area (Å²) in [5.74, 6) is 0. The first-order chi connectivity index (χ1) is 8.78. The molecule has 2 aromatic rings. The third-order valence-electron chi connectivity index (χ3n) is 2.20. The van der Waals surface area contributed by atoms with E-state index in [0.717, 1.165) is 5.69 Å². The van der Waals surface area contributed by atoms with Crippen LogP contribution in [0.5, 0.6) is 0 Å². The number of hydrogen-bond acceptors (Lipinski definition) is 5. The largest absolute Gasteiger partial charge is 0.399 e. The van der Waals surface area contributed by atoms with E-state index in [0.29, 0.717) is 17.1 Å². The Labute approximate surface area is 104 Å². The topological polar surface area (TPSA) is 80.2 Å². The van der Waals surface area contributed by atoms with Crippen LogP contribution in [0, 0.1) is 0 Å². The molecule has 18 heavy (non-hydrogen) atoms. The second-order valence-corrected chi connectivity index (χ2v) is 3.51. The van der Waals surface area contributed by atoms with E-state index in [9.17, 15) is 4.79 Å². The van der Waals surface area contributed by atoms with Crippen molar-refractivity contribution >= 4 is 28.8 Å². The molecule has 5 nitrogen and oxygen atoms in total. The number of benzene rings is 2. The lowest BCUT2D eigenvalue weighted by Gasteiger charge is -1.95. The molecule has 0 saturated heterocycles. The number of nitrogen functional groups attached to an aromatic ring is 1. The molecule has 0 fully saturated rings. The van der Waals surface area contributed by atoms with Gasteiger partial charge in [0, 0.05) is 5.69 Å². The highest BCUT2D eigenvalue weighted by Gasteiger charge is 1.92. The molecule has 0 atom stereocenters. The van der Waals surface area contributed by atoms with Crippen LogP contribution in [0.4, 0.5) is 22.7 Å². The number of anilines is 1. The Morgan fingerprint density at radius 2 is 1.22 bits per heavy atom. The Balaban J connectivity index is 2.13. The van der Waals surface area contributed by atoms with Crippen LogP contribution in [0.25, 0.3) is 0 Å². The van der Waals surface area contributed by atoms with Crippen molar-refractivity contribution < 1.29 is 4.79 Å². The summed E-state index contributed by atoms with van der Waals surface area (Å²) < 4.78 is 0. The van der Waals surface area contributed by atoms with E-state index in [-0.39, 0.29) is 0 Å². The van der Waals surface area contributed by atoms with E-state index >= 15 is 0 Å². The number of aliphatic imine (C=N–C) groups is 1. The van der Waals surface area contributed by atoms with E-state index in [1.165, 1.54) is 6.08 Å². The van der Waals surface area contributed by atoms with Crippen LogP contribution < -0.4 is 5.73 Å². The molecule has 0 amide bonds. The van der Waals surface area contributed by atoms with Gasteiger partial charge in [0.25, 0.3) is 0 Å². The van der Waals surface area contributed by atoms with Crippen molar-refractivity contribution in [3.8, 4) is 0 Å². The number of isocyanates is 1. The van der Waals surface area contributed by atoms with Crippen molar-refractivity contribution in [1.29, 1.82) is 0 Å². The lowest BCUT2D eigenvalue weighted by molar-refractivity contribution is 0.565. The van der Waals surface area contributed by atoms with Crippen LogP contribution in [0.2, 0.25) is 0 Å². The van der Waals surface area contributed by atoms with Gasteiger partial charge in [-0.25, -0.2) is 4.79 Å². The maximum Gasteiger partial charge on any atom is 0.240 e. The molecular formula is C13H10N4O. The van der Waals surface area contributed by atoms with Gasteiger partial charge in [-0.3, -0.25) is 0 Å². The Hall–Kier alpha value is -2.78. The highest BCUT2D eigenvalue weighted by Crippen LogP contribution is 2.21. The first-order valence-electron chi connectivity index (χ1n) is 5.23. The second kappa shape index (κ2) is 5.52. The zero-order valence-electron chi connectivity index (χ0n) is 9.45. The highest BCUT2D eigenvalue weighted by molar-refractivity contribution is 5.53. The lowest BCUT2D eigenvalue weighted by Crippen LogP contribution is -1.80. The molecule has 0 aliphatic carbocycles. The van der Waals surface area contributed by atoms with Crippen LogP contribution >= 0.6 is 0 Å². The van der Waals surface area contributed by atoms with Gasteiger partial charge < -0.3 is 5.73 Å². The molecule has 0 spiro atoms. The van der Waals surface area contributed by atoms with Crippen LogP contribution in [-0.2, 0) is 4.79 Å². The fourth-order valence-electron chi connectivity index (χ4n) is 1.30. The van der Waals surface area contributed by atoms with E-state index in [1.807, 2.05) is 0 Å². The van der Waals surface area contributed by atoms with E-state index < -0.39 is 0 Å². The summed E-state index contributed by atoms with van der Waals surface area (Å²) in [4.78, 5) is 13.5. The third kappa shape index (κ3) is 3.10.